The van der Waals surface area contributed by atoms with Crippen molar-refractivity contribution in [1.82, 2.24) is 9.38 Å². The first-order valence-corrected chi connectivity index (χ1v) is 9.26. The summed E-state index contributed by atoms with van der Waals surface area (Å²) in [5.74, 6) is -0.328. The van der Waals surface area contributed by atoms with Crippen LogP contribution in [0.5, 0.6) is 0 Å². The van der Waals surface area contributed by atoms with Gasteiger partial charge >= 0.3 is 5.97 Å². The number of aryl methyl sites for hydroxylation is 2. The maximum atomic E-state index is 12.4. The van der Waals surface area contributed by atoms with Crippen LogP contribution in [-0.4, -0.2) is 15.4 Å². The molecule has 0 amide bonds. The van der Waals surface area contributed by atoms with Gasteiger partial charge in [-0.3, -0.25) is 9.20 Å². The average molecular weight is 354 g/mol. The number of pyridine rings is 1. The molecule has 3 aromatic rings. The Morgan fingerprint density at radius 3 is 3.08 bits per heavy atom. The van der Waals surface area contributed by atoms with Crippen molar-refractivity contribution in [1.29, 1.82) is 0 Å². The number of hydrogen-bond acceptors (Lipinski definition) is 5. The highest BCUT2D eigenvalue weighted by Crippen LogP contribution is 2.30. The van der Waals surface area contributed by atoms with Crippen LogP contribution < -0.4 is 5.56 Å². The van der Waals surface area contributed by atoms with Gasteiger partial charge < -0.3 is 4.74 Å². The summed E-state index contributed by atoms with van der Waals surface area (Å²) < 4.78 is 6.94. The van der Waals surface area contributed by atoms with Crippen LogP contribution >= 0.6 is 11.3 Å². The zero-order valence-corrected chi connectivity index (χ0v) is 14.8. The molecule has 1 aliphatic carbocycles. The van der Waals surface area contributed by atoms with Gasteiger partial charge in [-0.15, -0.1) is 11.3 Å². The lowest BCUT2D eigenvalue weighted by molar-refractivity contribution is 0.0467. The van der Waals surface area contributed by atoms with Crippen LogP contribution in [0.3, 0.4) is 0 Å². The van der Waals surface area contributed by atoms with E-state index in [2.05, 4.69) is 4.98 Å². The Kier molecular flexibility index (Phi) is 4.13. The first-order valence-electron chi connectivity index (χ1n) is 8.38. The predicted molar refractivity (Wildman–Crippen MR) is 96.3 cm³/mol. The summed E-state index contributed by atoms with van der Waals surface area (Å²) in [6, 6.07) is 5.13. The SMILES string of the molecule is Cc1cccn2c(=O)cc(COC(=O)c3csc4c3CCCC4)nc12. The van der Waals surface area contributed by atoms with Crippen molar-refractivity contribution < 1.29 is 9.53 Å². The van der Waals surface area contributed by atoms with Crippen LogP contribution in [0.2, 0.25) is 0 Å². The molecule has 0 radical (unpaired) electrons. The lowest BCUT2D eigenvalue weighted by Crippen LogP contribution is -2.17. The summed E-state index contributed by atoms with van der Waals surface area (Å²) in [6.45, 7) is 1.90. The van der Waals surface area contributed by atoms with Crippen LogP contribution in [0.25, 0.3) is 5.65 Å². The number of carbonyl (C=O) groups excluding carboxylic acids is 1. The van der Waals surface area contributed by atoms with E-state index in [1.807, 2.05) is 24.4 Å². The second-order valence-corrected chi connectivity index (χ2v) is 7.27. The van der Waals surface area contributed by atoms with Gasteiger partial charge in [0.2, 0.25) is 0 Å². The van der Waals surface area contributed by atoms with Gasteiger partial charge in [0, 0.05) is 22.5 Å². The normalized spacial score (nSPS) is 13.6. The van der Waals surface area contributed by atoms with Crippen molar-refractivity contribution in [2.24, 2.45) is 0 Å². The number of thiophene rings is 1. The number of ether oxygens (including phenoxy) is 1. The van der Waals surface area contributed by atoms with E-state index in [9.17, 15) is 9.59 Å². The van der Waals surface area contributed by atoms with E-state index < -0.39 is 0 Å². The lowest BCUT2D eigenvalue weighted by Gasteiger charge is -2.12. The van der Waals surface area contributed by atoms with E-state index in [4.69, 9.17) is 4.74 Å². The molecule has 0 spiro atoms. The van der Waals surface area contributed by atoms with Crippen LogP contribution in [0.1, 0.15) is 44.9 Å². The maximum absolute atomic E-state index is 12.4. The standard InChI is InChI=1S/C19H18N2O3S/c1-12-5-4-8-21-17(22)9-13(20-18(12)21)10-24-19(23)15-11-25-16-7-3-2-6-14(15)16/h4-5,8-9,11H,2-3,6-7,10H2,1H3. The summed E-state index contributed by atoms with van der Waals surface area (Å²) >= 11 is 1.64. The highest BCUT2D eigenvalue weighted by atomic mass is 32.1. The molecule has 5 nitrogen and oxygen atoms in total. The molecule has 6 heteroatoms. The topological polar surface area (TPSA) is 60.7 Å². The molecule has 0 atom stereocenters. The molecule has 128 valence electrons. The minimum Gasteiger partial charge on any atom is -0.456 e. The monoisotopic (exact) mass is 354 g/mol. The third kappa shape index (κ3) is 2.98. The quantitative estimate of drug-likeness (QED) is 0.677. The molecular formula is C19H18N2O3S. The predicted octanol–water partition coefficient (Wildman–Crippen LogP) is 3.30. The van der Waals surface area contributed by atoms with Crippen LogP contribution in [0.4, 0.5) is 0 Å². The molecule has 0 saturated carbocycles. The molecule has 0 saturated heterocycles. The number of esters is 1. The van der Waals surface area contributed by atoms with Gasteiger partial charge in [0.15, 0.2) is 0 Å². The van der Waals surface area contributed by atoms with E-state index in [0.717, 1.165) is 30.4 Å². The molecular weight excluding hydrogens is 336 g/mol. The summed E-state index contributed by atoms with van der Waals surface area (Å²) in [5.41, 5.74) is 3.61. The second-order valence-electron chi connectivity index (χ2n) is 6.30. The van der Waals surface area contributed by atoms with Gasteiger partial charge in [0.1, 0.15) is 12.3 Å². The van der Waals surface area contributed by atoms with E-state index in [1.165, 1.54) is 21.8 Å². The van der Waals surface area contributed by atoms with E-state index >= 15 is 0 Å². The maximum Gasteiger partial charge on any atom is 0.339 e. The third-order valence-corrected chi connectivity index (χ3v) is 5.66. The molecule has 25 heavy (non-hydrogen) atoms. The van der Waals surface area contributed by atoms with E-state index in [-0.39, 0.29) is 18.1 Å². The highest BCUT2D eigenvalue weighted by molar-refractivity contribution is 7.10. The summed E-state index contributed by atoms with van der Waals surface area (Å²) in [7, 11) is 0. The molecule has 1 aliphatic rings. The summed E-state index contributed by atoms with van der Waals surface area (Å²) in [5, 5.41) is 1.89. The van der Waals surface area contributed by atoms with Crippen molar-refractivity contribution in [2.75, 3.05) is 0 Å². The van der Waals surface area contributed by atoms with Gasteiger partial charge in [-0.05, 0) is 49.8 Å². The Balaban J connectivity index is 1.56. The molecule has 0 aromatic carbocycles. The Bertz CT molecular complexity index is 1020. The molecule has 0 fully saturated rings. The van der Waals surface area contributed by atoms with Gasteiger partial charge in [0.25, 0.3) is 5.56 Å². The fourth-order valence-electron chi connectivity index (χ4n) is 3.27. The van der Waals surface area contributed by atoms with Crippen molar-refractivity contribution in [3.8, 4) is 0 Å². The van der Waals surface area contributed by atoms with E-state index in [0.29, 0.717) is 16.9 Å². The molecule has 3 aromatic heterocycles. The third-order valence-electron chi connectivity index (χ3n) is 4.57. The van der Waals surface area contributed by atoms with E-state index in [1.54, 1.807) is 17.5 Å². The number of carbonyl (C=O) groups is 1. The summed E-state index contributed by atoms with van der Waals surface area (Å²) in [6.07, 6.45) is 5.98. The van der Waals surface area contributed by atoms with Gasteiger partial charge in [-0.1, -0.05) is 6.07 Å². The fraction of sp³-hybridized carbons (Fsp3) is 0.316. The molecule has 3 heterocycles. The van der Waals surface area contributed by atoms with Crippen LogP contribution in [0, 0.1) is 6.92 Å². The zero-order chi connectivity index (χ0) is 17.4. The minimum absolute atomic E-state index is 0.00350. The minimum atomic E-state index is -0.328. The largest absolute Gasteiger partial charge is 0.456 e. The molecule has 0 bridgehead atoms. The van der Waals surface area contributed by atoms with Crippen molar-refractivity contribution in [2.45, 2.75) is 39.2 Å². The zero-order valence-electron chi connectivity index (χ0n) is 13.9. The average Bonchev–Trinajstić information content (AvgIpc) is 3.05. The number of aromatic nitrogens is 2. The number of rotatable bonds is 3. The number of nitrogens with zero attached hydrogens (tertiary/aromatic N) is 2. The van der Waals surface area contributed by atoms with Crippen LogP contribution in [-0.2, 0) is 24.2 Å². The van der Waals surface area contributed by atoms with Gasteiger partial charge in [0.05, 0.1) is 11.3 Å². The first kappa shape index (κ1) is 16.0. The Morgan fingerprint density at radius 2 is 2.20 bits per heavy atom. The van der Waals surface area contributed by atoms with Gasteiger partial charge in [-0.25, -0.2) is 9.78 Å². The highest BCUT2D eigenvalue weighted by Gasteiger charge is 2.21. The lowest BCUT2D eigenvalue weighted by atomic mass is 9.96. The summed E-state index contributed by atoms with van der Waals surface area (Å²) in [4.78, 5) is 30.4. The fourth-order valence-corrected chi connectivity index (χ4v) is 4.38. The van der Waals surface area contributed by atoms with Crippen molar-refractivity contribution in [3.63, 3.8) is 0 Å². The molecule has 0 aliphatic heterocycles. The Labute approximate surface area is 148 Å². The first-order chi connectivity index (χ1) is 12.1. The molecule has 4 rings (SSSR count). The second kappa shape index (κ2) is 6.44. The van der Waals surface area contributed by atoms with Crippen molar-refractivity contribution >= 4 is 23.0 Å². The molecule has 0 N–H and O–H groups in total. The van der Waals surface area contributed by atoms with Crippen LogP contribution in [0.15, 0.2) is 34.6 Å². The number of fused-ring (bicyclic) bond motifs is 2. The number of hydrogen-bond donors (Lipinski definition) is 0. The van der Waals surface area contributed by atoms with Gasteiger partial charge in [-0.2, -0.15) is 0 Å². The molecule has 0 unspecified atom stereocenters. The van der Waals surface area contributed by atoms with Crippen molar-refractivity contribution in [3.05, 3.63) is 67.4 Å². The smallest absolute Gasteiger partial charge is 0.339 e. The Morgan fingerprint density at radius 1 is 1.36 bits per heavy atom. The Hall–Kier alpha value is -2.47.